The number of rotatable bonds is 3. The number of aromatic nitrogens is 3. The Labute approximate surface area is 116 Å². The summed E-state index contributed by atoms with van der Waals surface area (Å²) in [6, 6.07) is 7.13. The maximum Gasteiger partial charge on any atom is 0.146 e. The first-order valence-electron chi connectivity index (χ1n) is 6.36. The SMILES string of the molecule is Cc1cc(OCc2ncc(C)[nH]2)c2cccc(O)c2n1. The topological polar surface area (TPSA) is 71.0 Å². The number of aromatic amines is 1. The van der Waals surface area contributed by atoms with Crippen molar-refractivity contribution in [2.75, 3.05) is 0 Å². The number of fused-ring (bicyclic) bond motifs is 1. The summed E-state index contributed by atoms with van der Waals surface area (Å²) in [6.45, 7) is 4.17. The first-order valence-corrected chi connectivity index (χ1v) is 6.36. The highest BCUT2D eigenvalue weighted by atomic mass is 16.5. The number of nitrogens with zero attached hydrogens (tertiary/aromatic N) is 2. The van der Waals surface area contributed by atoms with Gasteiger partial charge in [0.15, 0.2) is 0 Å². The van der Waals surface area contributed by atoms with E-state index in [1.807, 2.05) is 26.0 Å². The summed E-state index contributed by atoms with van der Waals surface area (Å²) in [6.07, 6.45) is 1.76. The van der Waals surface area contributed by atoms with E-state index in [0.29, 0.717) is 17.9 Å². The standard InChI is InChI=1S/C15H15N3O2/c1-9-6-13(20-8-14-16-7-10(2)17-14)11-4-3-5-12(19)15(11)18-9/h3-7,19H,8H2,1-2H3,(H,16,17). The zero-order chi connectivity index (χ0) is 14.1. The minimum absolute atomic E-state index is 0.157. The van der Waals surface area contributed by atoms with Crippen LogP contribution in [0, 0.1) is 13.8 Å². The van der Waals surface area contributed by atoms with Crippen molar-refractivity contribution in [3.8, 4) is 11.5 Å². The lowest BCUT2D eigenvalue weighted by Crippen LogP contribution is -1.99. The third-order valence-electron chi connectivity index (χ3n) is 3.03. The van der Waals surface area contributed by atoms with Crippen LogP contribution in [-0.2, 0) is 6.61 Å². The molecule has 0 saturated carbocycles. The average molecular weight is 269 g/mol. The molecule has 2 N–H and O–H groups in total. The van der Waals surface area contributed by atoms with Gasteiger partial charge in [0.05, 0.1) is 0 Å². The second-order valence-corrected chi connectivity index (χ2v) is 4.74. The molecule has 0 amide bonds. The number of ether oxygens (including phenoxy) is 1. The van der Waals surface area contributed by atoms with Gasteiger partial charge < -0.3 is 14.8 Å². The minimum Gasteiger partial charge on any atom is -0.506 e. The van der Waals surface area contributed by atoms with Crippen LogP contribution in [0.3, 0.4) is 0 Å². The molecular weight excluding hydrogens is 254 g/mol. The predicted molar refractivity (Wildman–Crippen MR) is 75.8 cm³/mol. The second-order valence-electron chi connectivity index (χ2n) is 4.74. The Balaban J connectivity index is 1.96. The van der Waals surface area contributed by atoms with Gasteiger partial charge in [0, 0.05) is 29.0 Å². The number of imidazole rings is 1. The maximum atomic E-state index is 9.87. The van der Waals surface area contributed by atoms with Crippen molar-refractivity contribution in [3.63, 3.8) is 0 Å². The van der Waals surface area contributed by atoms with Crippen LogP contribution in [0.1, 0.15) is 17.2 Å². The van der Waals surface area contributed by atoms with Crippen LogP contribution >= 0.6 is 0 Å². The van der Waals surface area contributed by atoms with E-state index in [4.69, 9.17) is 4.74 Å². The molecule has 0 fully saturated rings. The van der Waals surface area contributed by atoms with Gasteiger partial charge in [0.1, 0.15) is 29.4 Å². The molecule has 0 saturated heterocycles. The van der Waals surface area contributed by atoms with Crippen LogP contribution in [0.4, 0.5) is 0 Å². The van der Waals surface area contributed by atoms with E-state index >= 15 is 0 Å². The monoisotopic (exact) mass is 269 g/mol. The molecule has 2 aromatic heterocycles. The van der Waals surface area contributed by atoms with Crippen LogP contribution < -0.4 is 4.74 Å². The zero-order valence-electron chi connectivity index (χ0n) is 11.3. The number of phenols is 1. The van der Waals surface area contributed by atoms with Crippen molar-refractivity contribution in [1.29, 1.82) is 0 Å². The van der Waals surface area contributed by atoms with E-state index in [2.05, 4.69) is 15.0 Å². The summed E-state index contributed by atoms with van der Waals surface area (Å²) in [5.41, 5.74) is 2.35. The Bertz CT molecular complexity index is 765. The summed E-state index contributed by atoms with van der Waals surface area (Å²) in [7, 11) is 0. The number of hydrogen-bond donors (Lipinski definition) is 2. The van der Waals surface area contributed by atoms with E-state index in [1.165, 1.54) is 0 Å². The lowest BCUT2D eigenvalue weighted by molar-refractivity contribution is 0.300. The van der Waals surface area contributed by atoms with Crippen molar-refractivity contribution < 1.29 is 9.84 Å². The van der Waals surface area contributed by atoms with E-state index in [-0.39, 0.29) is 5.75 Å². The Morgan fingerprint density at radius 2 is 2.15 bits per heavy atom. The van der Waals surface area contributed by atoms with Gasteiger partial charge in [-0.25, -0.2) is 9.97 Å². The van der Waals surface area contributed by atoms with Crippen molar-refractivity contribution in [1.82, 2.24) is 15.0 Å². The second kappa shape index (κ2) is 4.85. The predicted octanol–water partition coefficient (Wildman–Crippen LogP) is 2.86. The van der Waals surface area contributed by atoms with Crippen molar-refractivity contribution in [2.45, 2.75) is 20.5 Å². The quantitative estimate of drug-likeness (QED) is 0.767. The van der Waals surface area contributed by atoms with Gasteiger partial charge in [-0.15, -0.1) is 0 Å². The maximum absolute atomic E-state index is 9.87. The number of H-pyrrole nitrogens is 1. The largest absolute Gasteiger partial charge is 0.506 e. The first-order chi connectivity index (χ1) is 9.63. The average Bonchev–Trinajstić information content (AvgIpc) is 2.83. The zero-order valence-corrected chi connectivity index (χ0v) is 11.3. The van der Waals surface area contributed by atoms with E-state index in [1.54, 1.807) is 18.3 Å². The Kier molecular flexibility index (Phi) is 3.02. The summed E-state index contributed by atoms with van der Waals surface area (Å²) in [4.78, 5) is 11.7. The van der Waals surface area contributed by atoms with Crippen molar-refractivity contribution >= 4 is 10.9 Å². The summed E-state index contributed by atoms with van der Waals surface area (Å²) < 4.78 is 5.81. The number of para-hydroxylation sites is 1. The lowest BCUT2D eigenvalue weighted by Gasteiger charge is -2.10. The molecule has 0 aliphatic rings. The molecular formula is C15H15N3O2. The summed E-state index contributed by atoms with van der Waals surface area (Å²) in [5, 5.41) is 10.7. The molecule has 0 radical (unpaired) electrons. The van der Waals surface area contributed by atoms with Gasteiger partial charge in [0.2, 0.25) is 0 Å². The molecule has 1 aromatic carbocycles. The number of aryl methyl sites for hydroxylation is 2. The molecule has 0 bridgehead atoms. The van der Waals surface area contributed by atoms with Gasteiger partial charge in [-0.2, -0.15) is 0 Å². The molecule has 0 aliphatic heterocycles. The van der Waals surface area contributed by atoms with Gasteiger partial charge in [0.25, 0.3) is 0 Å². The van der Waals surface area contributed by atoms with Crippen LogP contribution in [0.2, 0.25) is 0 Å². The molecule has 2 heterocycles. The number of pyridine rings is 1. The van der Waals surface area contributed by atoms with Gasteiger partial charge in [-0.05, 0) is 26.0 Å². The highest BCUT2D eigenvalue weighted by Crippen LogP contribution is 2.31. The molecule has 102 valence electrons. The van der Waals surface area contributed by atoms with Crippen molar-refractivity contribution in [3.05, 3.63) is 47.7 Å². The fourth-order valence-corrected chi connectivity index (χ4v) is 2.13. The molecule has 20 heavy (non-hydrogen) atoms. The van der Waals surface area contributed by atoms with Gasteiger partial charge in [-0.3, -0.25) is 0 Å². The molecule has 3 aromatic rings. The van der Waals surface area contributed by atoms with Crippen molar-refractivity contribution in [2.24, 2.45) is 0 Å². The Morgan fingerprint density at radius 3 is 2.90 bits per heavy atom. The number of phenolic OH excluding ortho intramolecular Hbond substituents is 1. The molecule has 0 atom stereocenters. The van der Waals surface area contributed by atoms with Crippen LogP contribution in [-0.4, -0.2) is 20.1 Å². The number of hydrogen-bond acceptors (Lipinski definition) is 4. The number of nitrogens with one attached hydrogen (secondary N) is 1. The van der Waals surface area contributed by atoms with Gasteiger partial charge in [-0.1, -0.05) is 6.07 Å². The first kappa shape index (κ1) is 12.5. The third-order valence-corrected chi connectivity index (χ3v) is 3.03. The lowest BCUT2D eigenvalue weighted by atomic mass is 10.1. The fourth-order valence-electron chi connectivity index (χ4n) is 2.13. The van der Waals surface area contributed by atoms with E-state index in [9.17, 15) is 5.11 Å². The van der Waals surface area contributed by atoms with Crippen LogP contribution in [0.5, 0.6) is 11.5 Å². The molecule has 0 unspecified atom stereocenters. The Morgan fingerprint density at radius 1 is 1.30 bits per heavy atom. The fraction of sp³-hybridized carbons (Fsp3) is 0.200. The van der Waals surface area contributed by atoms with Crippen LogP contribution in [0.15, 0.2) is 30.5 Å². The summed E-state index contributed by atoms with van der Waals surface area (Å²) in [5.74, 6) is 1.62. The highest BCUT2D eigenvalue weighted by Gasteiger charge is 2.09. The Hall–Kier alpha value is -2.56. The normalized spacial score (nSPS) is 10.9. The van der Waals surface area contributed by atoms with E-state index < -0.39 is 0 Å². The molecule has 3 rings (SSSR count). The van der Waals surface area contributed by atoms with E-state index in [0.717, 1.165) is 22.6 Å². The molecule has 0 spiro atoms. The molecule has 5 nitrogen and oxygen atoms in total. The number of benzene rings is 1. The molecule has 5 heteroatoms. The third kappa shape index (κ3) is 2.30. The smallest absolute Gasteiger partial charge is 0.146 e. The minimum atomic E-state index is 0.157. The van der Waals surface area contributed by atoms with Crippen LogP contribution in [0.25, 0.3) is 10.9 Å². The number of aromatic hydroxyl groups is 1. The summed E-state index contributed by atoms with van der Waals surface area (Å²) >= 11 is 0. The highest BCUT2D eigenvalue weighted by molar-refractivity contribution is 5.89. The van der Waals surface area contributed by atoms with Gasteiger partial charge >= 0.3 is 0 Å². The molecule has 0 aliphatic carbocycles.